The molecule has 9 atom stereocenters. The summed E-state index contributed by atoms with van der Waals surface area (Å²) in [6, 6.07) is 0. The standard InChI is InChI=1S/C12H24O11/c13-1-4(16)10(21)12(22,6(17)3-15)11-9(20)8(19)7(18)5(2-14)23-11/h4-11,13-22H,1-3H2/t4-,5-,6+,7-,8+,9-,10-,11-,12-/m1/s1. The van der Waals surface area contributed by atoms with Gasteiger partial charge in [0.25, 0.3) is 0 Å². The molecule has 0 aliphatic carbocycles. The van der Waals surface area contributed by atoms with Crippen LogP contribution in [0.3, 0.4) is 0 Å². The molecule has 23 heavy (non-hydrogen) atoms. The van der Waals surface area contributed by atoms with Gasteiger partial charge in [-0.2, -0.15) is 0 Å². The molecule has 1 fully saturated rings. The lowest BCUT2D eigenvalue weighted by atomic mass is 9.76. The van der Waals surface area contributed by atoms with Crippen molar-refractivity contribution in [3.05, 3.63) is 0 Å². The number of hydrogen-bond donors (Lipinski definition) is 10. The molecule has 10 N–H and O–H groups in total. The first kappa shape index (κ1) is 20.6. The Kier molecular flexibility index (Phi) is 7.25. The summed E-state index contributed by atoms with van der Waals surface area (Å²) in [6.07, 6.45) is -15.6. The third-order valence-electron chi connectivity index (χ3n) is 4.08. The van der Waals surface area contributed by atoms with Gasteiger partial charge in [0.1, 0.15) is 54.4 Å². The summed E-state index contributed by atoms with van der Waals surface area (Å²) in [4.78, 5) is 0. The topological polar surface area (TPSA) is 212 Å². The van der Waals surface area contributed by atoms with Gasteiger partial charge < -0.3 is 55.8 Å². The van der Waals surface area contributed by atoms with E-state index in [1.54, 1.807) is 0 Å². The minimum atomic E-state index is -2.93. The van der Waals surface area contributed by atoms with E-state index in [0.717, 1.165) is 0 Å². The lowest BCUT2D eigenvalue weighted by Crippen LogP contribution is -2.73. The van der Waals surface area contributed by atoms with Crippen LogP contribution < -0.4 is 0 Å². The molecule has 0 aromatic heterocycles. The molecule has 0 radical (unpaired) electrons. The van der Waals surface area contributed by atoms with Gasteiger partial charge in [0.05, 0.1) is 19.8 Å². The van der Waals surface area contributed by atoms with E-state index in [4.69, 9.17) is 20.1 Å². The Bertz CT molecular complexity index is 367. The quantitative estimate of drug-likeness (QED) is 0.210. The summed E-state index contributed by atoms with van der Waals surface area (Å²) in [5.74, 6) is 0. The lowest BCUT2D eigenvalue weighted by molar-refractivity contribution is -0.312. The van der Waals surface area contributed by atoms with Crippen LogP contribution in [0.1, 0.15) is 0 Å². The zero-order valence-electron chi connectivity index (χ0n) is 12.1. The lowest BCUT2D eigenvalue weighted by Gasteiger charge is -2.50. The number of hydrogen-bond acceptors (Lipinski definition) is 11. The van der Waals surface area contributed by atoms with E-state index < -0.39 is 74.3 Å². The Labute approximate surface area is 131 Å². The van der Waals surface area contributed by atoms with Crippen LogP contribution in [0.15, 0.2) is 0 Å². The molecular weight excluding hydrogens is 320 g/mol. The molecule has 1 aliphatic rings. The van der Waals surface area contributed by atoms with E-state index in [9.17, 15) is 35.7 Å². The fraction of sp³-hybridized carbons (Fsp3) is 1.00. The molecule has 1 heterocycles. The molecule has 0 amide bonds. The van der Waals surface area contributed by atoms with Gasteiger partial charge in [-0.25, -0.2) is 0 Å². The molecule has 11 heteroatoms. The van der Waals surface area contributed by atoms with E-state index in [-0.39, 0.29) is 0 Å². The predicted octanol–water partition coefficient (Wildman–Crippen LogP) is -6.37. The Hall–Kier alpha value is -0.440. The molecule has 1 saturated heterocycles. The number of rotatable bonds is 7. The third-order valence-corrected chi connectivity index (χ3v) is 4.08. The van der Waals surface area contributed by atoms with Crippen LogP contribution in [-0.4, -0.2) is 125 Å². The molecule has 1 aliphatic heterocycles. The normalized spacial score (nSPS) is 38.6. The van der Waals surface area contributed by atoms with E-state index >= 15 is 0 Å². The van der Waals surface area contributed by atoms with Crippen molar-refractivity contribution >= 4 is 0 Å². The third kappa shape index (κ3) is 3.65. The van der Waals surface area contributed by atoms with Crippen molar-refractivity contribution in [2.24, 2.45) is 0 Å². The highest BCUT2D eigenvalue weighted by Gasteiger charge is 2.59. The molecule has 0 saturated carbocycles. The van der Waals surface area contributed by atoms with Crippen LogP contribution in [0, 0.1) is 0 Å². The van der Waals surface area contributed by atoms with E-state index in [0.29, 0.717) is 0 Å². The minimum Gasteiger partial charge on any atom is -0.394 e. The fourth-order valence-corrected chi connectivity index (χ4v) is 2.59. The SMILES string of the molecule is OC[C@@H](O)[C@@H](O)[C@@](O)([C@@H]1O[C@H](CO)[C@@H](O)[C@H](O)[C@H]1O)[C@@H](O)CO. The Balaban J connectivity index is 3.24. The highest BCUT2D eigenvalue weighted by molar-refractivity contribution is 5.08. The Morgan fingerprint density at radius 3 is 1.87 bits per heavy atom. The molecule has 1 rings (SSSR count). The van der Waals surface area contributed by atoms with Gasteiger partial charge >= 0.3 is 0 Å². The highest BCUT2D eigenvalue weighted by atomic mass is 16.6. The van der Waals surface area contributed by atoms with Crippen molar-refractivity contribution in [2.75, 3.05) is 19.8 Å². The first-order valence-corrected chi connectivity index (χ1v) is 6.95. The second-order valence-corrected chi connectivity index (χ2v) is 5.53. The van der Waals surface area contributed by atoms with Crippen molar-refractivity contribution in [1.29, 1.82) is 0 Å². The number of ether oxygens (including phenoxy) is 1. The molecule has 0 spiro atoms. The van der Waals surface area contributed by atoms with Crippen LogP contribution in [0.25, 0.3) is 0 Å². The first-order valence-electron chi connectivity index (χ1n) is 6.95. The van der Waals surface area contributed by atoms with Crippen LogP contribution in [-0.2, 0) is 4.74 Å². The average molecular weight is 344 g/mol. The molecule has 0 aromatic carbocycles. The second-order valence-electron chi connectivity index (χ2n) is 5.53. The van der Waals surface area contributed by atoms with E-state index in [1.165, 1.54) is 0 Å². The van der Waals surface area contributed by atoms with Gasteiger partial charge in [-0.15, -0.1) is 0 Å². The fourth-order valence-electron chi connectivity index (χ4n) is 2.59. The number of aliphatic hydroxyl groups excluding tert-OH is 9. The van der Waals surface area contributed by atoms with Crippen LogP contribution in [0.4, 0.5) is 0 Å². The average Bonchev–Trinajstić information content (AvgIpc) is 2.56. The minimum absolute atomic E-state index is 0.828. The van der Waals surface area contributed by atoms with Gasteiger partial charge in [0, 0.05) is 0 Å². The van der Waals surface area contributed by atoms with Crippen molar-refractivity contribution < 1.29 is 55.8 Å². The van der Waals surface area contributed by atoms with Crippen molar-refractivity contribution in [2.45, 2.75) is 54.4 Å². The van der Waals surface area contributed by atoms with Gasteiger partial charge in [-0.3, -0.25) is 0 Å². The zero-order valence-corrected chi connectivity index (χ0v) is 12.1. The van der Waals surface area contributed by atoms with Crippen molar-refractivity contribution in [1.82, 2.24) is 0 Å². The second kappa shape index (κ2) is 8.09. The maximum Gasteiger partial charge on any atom is 0.150 e. The summed E-state index contributed by atoms with van der Waals surface area (Å²) in [6.45, 7) is -2.98. The maximum atomic E-state index is 10.6. The van der Waals surface area contributed by atoms with Gasteiger partial charge in [0.2, 0.25) is 0 Å². The smallest absolute Gasteiger partial charge is 0.150 e. The Morgan fingerprint density at radius 2 is 1.43 bits per heavy atom. The van der Waals surface area contributed by atoms with Gasteiger partial charge in [-0.1, -0.05) is 0 Å². The summed E-state index contributed by atoms with van der Waals surface area (Å²) in [7, 11) is 0. The Morgan fingerprint density at radius 1 is 0.870 bits per heavy atom. The number of aliphatic hydroxyl groups is 10. The van der Waals surface area contributed by atoms with Crippen molar-refractivity contribution in [3.63, 3.8) is 0 Å². The van der Waals surface area contributed by atoms with Crippen LogP contribution in [0.5, 0.6) is 0 Å². The molecular formula is C12H24O11. The van der Waals surface area contributed by atoms with Gasteiger partial charge in [-0.05, 0) is 0 Å². The van der Waals surface area contributed by atoms with E-state index in [1.807, 2.05) is 0 Å². The first-order chi connectivity index (χ1) is 10.7. The molecule has 0 bridgehead atoms. The summed E-state index contributed by atoms with van der Waals surface area (Å²) < 4.78 is 5.05. The summed E-state index contributed by atoms with van der Waals surface area (Å²) >= 11 is 0. The van der Waals surface area contributed by atoms with E-state index in [2.05, 4.69) is 0 Å². The zero-order chi connectivity index (χ0) is 17.9. The highest BCUT2D eigenvalue weighted by Crippen LogP contribution is 2.34. The van der Waals surface area contributed by atoms with Gasteiger partial charge in [0.15, 0.2) is 0 Å². The molecule has 138 valence electrons. The van der Waals surface area contributed by atoms with Crippen LogP contribution >= 0.6 is 0 Å². The summed E-state index contributed by atoms with van der Waals surface area (Å²) in [5.41, 5.74) is -2.93. The maximum absolute atomic E-state index is 10.6. The molecule has 11 nitrogen and oxygen atoms in total. The monoisotopic (exact) mass is 344 g/mol. The van der Waals surface area contributed by atoms with Crippen molar-refractivity contribution in [3.8, 4) is 0 Å². The predicted molar refractivity (Wildman–Crippen MR) is 70.9 cm³/mol. The van der Waals surface area contributed by atoms with Crippen LogP contribution in [0.2, 0.25) is 0 Å². The summed E-state index contributed by atoms with van der Waals surface area (Å²) in [5, 5.41) is 96.4. The largest absolute Gasteiger partial charge is 0.394 e. The molecule has 0 unspecified atom stereocenters. The molecule has 0 aromatic rings.